The van der Waals surface area contributed by atoms with Gasteiger partial charge in [-0.3, -0.25) is 4.79 Å². The van der Waals surface area contributed by atoms with Gasteiger partial charge in [0, 0.05) is 10.0 Å². The van der Waals surface area contributed by atoms with Gasteiger partial charge in [0.15, 0.2) is 17.0 Å². The van der Waals surface area contributed by atoms with Crippen LogP contribution in [0.2, 0.25) is 5.02 Å². The van der Waals surface area contributed by atoms with Crippen molar-refractivity contribution in [2.45, 2.75) is 18.2 Å². The van der Waals surface area contributed by atoms with Crippen molar-refractivity contribution in [2.75, 3.05) is 6.26 Å². The Labute approximate surface area is 150 Å². The van der Waals surface area contributed by atoms with Gasteiger partial charge < -0.3 is 4.74 Å². The predicted molar refractivity (Wildman–Crippen MR) is 92.2 cm³/mol. The second-order valence-corrected chi connectivity index (χ2v) is 6.57. The molecule has 0 amide bonds. The number of rotatable bonds is 5. The van der Waals surface area contributed by atoms with E-state index in [1.807, 2.05) is 0 Å². The number of halogens is 2. The molecule has 8 heteroatoms. The van der Waals surface area contributed by atoms with Crippen LogP contribution < -0.4 is 0 Å². The first kappa shape index (κ1) is 17.9. The number of carbonyl (C=O) groups is 2. The molecule has 120 valence electrons. The zero-order chi connectivity index (χ0) is 17.0. The van der Waals surface area contributed by atoms with E-state index in [4.69, 9.17) is 16.3 Å². The van der Waals surface area contributed by atoms with Crippen LogP contribution in [-0.4, -0.2) is 34.1 Å². The van der Waals surface area contributed by atoms with E-state index in [0.29, 0.717) is 10.7 Å². The summed E-state index contributed by atoms with van der Waals surface area (Å²) in [4.78, 5) is 32.4. The highest BCUT2D eigenvalue weighted by atomic mass is 79.9. The van der Waals surface area contributed by atoms with E-state index in [0.717, 1.165) is 4.47 Å². The van der Waals surface area contributed by atoms with Crippen molar-refractivity contribution < 1.29 is 14.3 Å². The average Bonchev–Trinajstić information content (AvgIpc) is 2.55. The van der Waals surface area contributed by atoms with Crippen molar-refractivity contribution >= 4 is 51.0 Å². The van der Waals surface area contributed by atoms with E-state index < -0.39 is 12.1 Å². The van der Waals surface area contributed by atoms with Gasteiger partial charge in [0.25, 0.3) is 0 Å². The Morgan fingerprint density at radius 2 is 1.96 bits per heavy atom. The highest BCUT2D eigenvalue weighted by Gasteiger charge is 2.23. The molecule has 0 aliphatic heterocycles. The molecule has 1 unspecified atom stereocenters. The number of aromatic nitrogens is 2. The van der Waals surface area contributed by atoms with Gasteiger partial charge in [0.1, 0.15) is 0 Å². The number of nitrogens with zero attached hydrogens (tertiary/aromatic N) is 2. The number of esters is 1. The molecule has 0 saturated heterocycles. The molecule has 0 N–H and O–H groups in total. The molecule has 0 aliphatic carbocycles. The Morgan fingerprint density at radius 1 is 1.30 bits per heavy atom. The molecule has 1 aromatic carbocycles. The maximum absolute atomic E-state index is 12.3. The summed E-state index contributed by atoms with van der Waals surface area (Å²) in [5.74, 6) is -1.06. The SMILES string of the molecule is CSc1ncc(Cl)c(C(=O)OC(C)C(=O)c2ccc(Br)cc2)n1. The number of benzene rings is 1. The van der Waals surface area contributed by atoms with Gasteiger partial charge in [0.2, 0.25) is 5.78 Å². The normalized spacial score (nSPS) is 11.8. The molecule has 1 heterocycles. The van der Waals surface area contributed by atoms with E-state index in [9.17, 15) is 9.59 Å². The zero-order valence-corrected chi connectivity index (χ0v) is 15.4. The third kappa shape index (κ3) is 4.53. The summed E-state index contributed by atoms with van der Waals surface area (Å²) in [5.41, 5.74) is 0.397. The van der Waals surface area contributed by atoms with Crippen molar-refractivity contribution in [1.82, 2.24) is 9.97 Å². The standard InChI is InChI=1S/C15H12BrClN2O3S/c1-8(13(20)9-3-5-10(16)6-4-9)22-14(21)12-11(17)7-18-15(19-12)23-2/h3-8H,1-2H3. The van der Waals surface area contributed by atoms with Gasteiger partial charge in [-0.1, -0.05) is 51.4 Å². The second kappa shape index (κ2) is 7.90. The molecule has 0 aliphatic rings. The molecule has 23 heavy (non-hydrogen) atoms. The van der Waals surface area contributed by atoms with Crippen molar-refractivity contribution in [1.29, 1.82) is 0 Å². The number of ether oxygens (including phenoxy) is 1. The summed E-state index contributed by atoms with van der Waals surface area (Å²) in [6.07, 6.45) is 2.16. The number of hydrogen-bond donors (Lipinski definition) is 0. The van der Waals surface area contributed by atoms with Crippen LogP contribution >= 0.6 is 39.3 Å². The van der Waals surface area contributed by atoms with Gasteiger partial charge in [-0.15, -0.1) is 0 Å². The van der Waals surface area contributed by atoms with E-state index in [-0.39, 0.29) is 16.5 Å². The summed E-state index contributed by atoms with van der Waals surface area (Å²) >= 11 is 10.5. The Balaban J connectivity index is 2.13. The van der Waals surface area contributed by atoms with Crippen LogP contribution in [0.15, 0.2) is 40.1 Å². The molecule has 2 aromatic rings. The van der Waals surface area contributed by atoms with Crippen LogP contribution in [0, 0.1) is 0 Å². The van der Waals surface area contributed by atoms with Crippen LogP contribution in [-0.2, 0) is 4.74 Å². The minimum absolute atomic E-state index is 0.0542. The number of thioether (sulfide) groups is 1. The Bertz CT molecular complexity index is 740. The topological polar surface area (TPSA) is 69.2 Å². The van der Waals surface area contributed by atoms with Crippen molar-refractivity contribution in [3.05, 3.63) is 51.2 Å². The van der Waals surface area contributed by atoms with Gasteiger partial charge in [-0.25, -0.2) is 14.8 Å². The molecular weight excluding hydrogens is 404 g/mol. The van der Waals surface area contributed by atoms with Gasteiger partial charge in [-0.2, -0.15) is 0 Å². The molecule has 0 bridgehead atoms. The van der Waals surface area contributed by atoms with Crippen LogP contribution in [0.25, 0.3) is 0 Å². The molecule has 0 saturated carbocycles. The van der Waals surface area contributed by atoms with Crippen LogP contribution in [0.1, 0.15) is 27.8 Å². The van der Waals surface area contributed by atoms with E-state index in [2.05, 4.69) is 25.9 Å². The van der Waals surface area contributed by atoms with Crippen LogP contribution in [0.3, 0.4) is 0 Å². The Morgan fingerprint density at radius 3 is 2.57 bits per heavy atom. The van der Waals surface area contributed by atoms with Crippen LogP contribution in [0.5, 0.6) is 0 Å². The largest absolute Gasteiger partial charge is 0.449 e. The first-order valence-electron chi connectivity index (χ1n) is 6.49. The fraction of sp³-hybridized carbons (Fsp3) is 0.200. The van der Waals surface area contributed by atoms with Gasteiger partial charge in [0.05, 0.1) is 11.2 Å². The minimum Gasteiger partial charge on any atom is -0.449 e. The van der Waals surface area contributed by atoms with E-state index >= 15 is 0 Å². The number of carbonyl (C=O) groups excluding carboxylic acids is 2. The van der Waals surface area contributed by atoms with Gasteiger partial charge in [-0.05, 0) is 25.3 Å². The molecule has 0 fully saturated rings. The van der Waals surface area contributed by atoms with E-state index in [1.54, 1.807) is 30.5 Å². The molecule has 0 radical (unpaired) electrons. The molecule has 1 aromatic heterocycles. The lowest BCUT2D eigenvalue weighted by molar-refractivity contribution is 0.0312. The number of hydrogen-bond acceptors (Lipinski definition) is 6. The molecule has 0 spiro atoms. The van der Waals surface area contributed by atoms with Crippen molar-refractivity contribution in [3.63, 3.8) is 0 Å². The number of ketones is 1. The summed E-state index contributed by atoms with van der Waals surface area (Å²) in [5, 5.41) is 0.476. The summed E-state index contributed by atoms with van der Waals surface area (Å²) < 4.78 is 6.04. The molecule has 5 nitrogen and oxygen atoms in total. The first-order valence-corrected chi connectivity index (χ1v) is 8.89. The summed E-state index contributed by atoms with van der Waals surface area (Å²) in [7, 11) is 0. The van der Waals surface area contributed by atoms with Crippen LogP contribution in [0.4, 0.5) is 0 Å². The predicted octanol–water partition coefficient (Wildman–Crippen LogP) is 4.04. The first-order chi connectivity index (χ1) is 10.9. The molecule has 2 rings (SSSR count). The van der Waals surface area contributed by atoms with Gasteiger partial charge >= 0.3 is 5.97 Å². The van der Waals surface area contributed by atoms with Crippen molar-refractivity contribution in [2.24, 2.45) is 0 Å². The lowest BCUT2D eigenvalue weighted by atomic mass is 10.1. The lowest BCUT2D eigenvalue weighted by Gasteiger charge is -2.12. The smallest absolute Gasteiger partial charge is 0.359 e. The van der Waals surface area contributed by atoms with E-state index in [1.165, 1.54) is 24.9 Å². The summed E-state index contributed by atoms with van der Waals surface area (Å²) in [6, 6.07) is 6.79. The second-order valence-electron chi connectivity index (χ2n) is 4.47. The highest BCUT2D eigenvalue weighted by molar-refractivity contribution is 9.10. The maximum atomic E-state index is 12.3. The third-order valence-corrected chi connectivity index (χ3v) is 4.25. The number of Topliss-reactive ketones (excluding diaryl/α,β-unsaturated/α-hetero) is 1. The maximum Gasteiger partial charge on any atom is 0.359 e. The van der Waals surface area contributed by atoms with Crippen molar-refractivity contribution in [3.8, 4) is 0 Å². The average molecular weight is 416 g/mol. The fourth-order valence-electron chi connectivity index (χ4n) is 1.71. The monoisotopic (exact) mass is 414 g/mol. The Kier molecular flexibility index (Phi) is 6.15. The molecular formula is C15H12BrClN2O3S. The lowest BCUT2D eigenvalue weighted by Crippen LogP contribution is -2.25. The molecule has 1 atom stereocenters. The third-order valence-electron chi connectivity index (χ3n) is 2.88. The zero-order valence-electron chi connectivity index (χ0n) is 12.2. The summed E-state index contributed by atoms with van der Waals surface area (Å²) in [6.45, 7) is 1.51. The minimum atomic E-state index is -0.951. The fourth-order valence-corrected chi connectivity index (χ4v) is 2.48. The highest BCUT2D eigenvalue weighted by Crippen LogP contribution is 2.19. The Hall–Kier alpha value is -1.44. The quantitative estimate of drug-likeness (QED) is 0.318.